The molecule has 0 saturated heterocycles. The molecule has 0 fully saturated rings. The third-order valence-electron chi connectivity index (χ3n) is 3.95. The van der Waals surface area contributed by atoms with Crippen molar-refractivity contribution in [2.45, 2.75) is 46.1 Å². The Morgan fingerprint density at radius 1 is 1.38 bits per heavy atom. The van der Waals surface area contributed by atoms with Crippen LogP contribution < -0.4 is 11.3 Å². The molecule has 4 nitrogen and oxygen atoms in total. The number of thiazole rings is 1. The minimum absolute atomic E-state index is 0.0784. The summed E-state index contributed by atoms with van der Waals surface area (Å²) in [6.07, 6.45) is 4.44. The van der Waals surface area contributed by atoms with Crippen molar-refractivity contribution in [1.29, 1.82) is 0 Å². The van der Waals surface area contributed by atoms with E-state index in [4.69, 9.17) is 5.73 Å². The quantitative estimate of drug-likeness (QED) is 0.948. The Morgan fingerprint density at radius 2 is 2.14 bits per heavy atom. The number of nitrogen functional groups attached to an aromatic ring is 1. The topological polar surface area (TPSA) is 60.9 Å². The zero-order valence-electron chi connectivity index (χ0n) is 12.6. The highest BCUT2D eigenvalue weighted by molar-refractivity contribution is 7.13. The molecular formula is C16H21N3OS. The average Bonchev–Trinajstić information content (AvgIpc) is 2.88. The predicted molar refractivity (Wildman–Crippen MR) is 87.7 cm³/mol. The predicted octanol–water partition coefficient (Wildman–Crippen LogP) is 3.09. The van der Waals surface area contributed by atoms with E-state index in [1.807, 2.05) is 16.0 Å². The smallest absolute Gasteiger partial charge is 0.260 e. The third kappa shape index (κ3) is 2.75. The molecule has 2 heterocycles. The Labute approximate surface area is 128 Å². The summed E-state index contributed by atoms with van der Waals surface area (Å²) in [4.78, 5) is 17.2. The van der Waals surface area contributed by atoms with Crippen LogP contribution in [-0.4, -0.2) is 9.55 Å². The number of hydrogen-bond acceptors (Lipinski definition) is 4. The molecule has 0 unspecified atom stereocenters. The Morgan fingerprint density at radius 3 is 2.81 bits per heavy atom. The van der Waals surface area contributed by atoms with E-state index in [2.05, 4.69) is 18.8 Å². The van der Waals surface area contributed by atoms with E-state index in [9.17, 15) is 4.79 Å². The number of aromatic nitrogens is 2. The van der Waals surface area contributed by atoms with Crippen molar-refractivity contribution in [2.24, 2.45) is 5.92 Å². The Hall–Kier alpha value is -1.62. The molecule has 3 rings (SSSR count). The number of rotatable bonds is 3. The zero-order chi connectivity index (χ0) is 15.0. The summed E-state index contributed by atoms with van der Waals surface area (Å²) < 4.78 is 1.98. The molecule has 0 bridgehead atoms. The molecule has 0 aliphatic heterocycles. The van der Waals surface area contributed by atoms with Crippen molar-refractivity contribution >= 4 is 16.5 Å². The Kier molecular flexibility index (Phi) is 3.85. The first kappa shape index (κ1) is 14.3. The van der Waals surface area contributed by atoms with Crippen LogP contribution in [0.1, 0.15) is 37.9 Å². The highest BCUT2D eigenvalue weighted by atomic mass is 32.1. The maximum absolute atomic E-state index is 12.9. The van der Waals surface area contributed by atoms with Crippen LogP contribution in [0, 0.1) is 5.92 Å². The van der Waals surface area contributed by atoms with Gasteiger partial charge in [0.1, 0.15) is 0 Å². The summed E-state index contributed by atoms with van der Waals surface area (Å²) in [5.74, 6) is 0.449. The minimum Gasteiger partial charge on any atom is -0.375 e. The van der Waals surface area contributed by atoms with E-state index >= 15 is 0 Å². The maximum atomic E-state index is 12.9. The molecule has 2 aromatic heterocycles. The van der Waals surface area contributed by atoms with Gasteiger partial charge in [-0.25, -0.2) is 4.98 Å². The Bertz CT molecular complexity index is 715. The Balaban J connectivity index is 2.19. The molecule has 0 radical (unpaired) electrons. The first-order valence-electron chi connectivity index (χ1n) is 7.53. The molecule has 21 heavy (non-hydrogen) atoms. The average molecular weight is 303 g/mol. The minimum atomic E-state index is 0.0784. The fraction of sp³-hybridized carbons (Fsp3) is 0.500. The normalized spacial score (nSPS) is 14.4. The summed E-state index contributed by atoms with van der Waals surface area (Å²) >= 11 is 1.38. The van der Waals surface area contributed by atoms with E-state index in [1.54, 1.807) is 0 Å². The second-order valence-corrected chi connectivity index (χ2v) is 7.01. The number of hydrogen-bond donors (Lipinski definition) is 1. The summed E-state index contributed by atoms with van der Waals surface area (Å²) in [5.41, 5.74) is 9.75. The molecule has 0 atom stereocenters. The lowest BCUT2D eigenvalue weighted by molar-refractivity contribution is 0.481. The molecule has 1 aliphatic carbocycles. The molecule has 112 valence electrons. The fourth-order valence-corrected chi connectivity index (χ4v) is 3.60. The van der Waals surface area contributed by atoms with Crippen LogP contribution in [0.4, 0.5) is 5.13 Å². The van der Waals surface area contributed by atoms with Gasteiger partial charge in [0, 0.05) is 17.6 Å². The lowest BCUT2D eigenvalue weighted by Gasteiger charge is -2.23. The van der Waals surface area contributed by atoms with E-state index in [0.717, 1.165) is 19.4 Å². The third-order valence-corrected chi connectivity index (χ3v) is 4.62. The first-order chi connectivity index (χ1) is 10.1. The number of aryl methyl sites for hydroxylation is 1. The van der Waals surface area contributed by atoms with Gasteiger partial charge in [0.25, 0.3) is 5.56 Å². The van der Waals surface area contributed by atoms with Crippen molar-refractivity contribution < 1.29 is 0 Å². The van der Waals surface area contributed by atoms with Gasteiger partial charge in [-0.1, -0.05) is 13.8 Å². The van der Waals surface area contributed by atoms with Crippen LogP contribution in [0.2, 0.25) is 0 Å². The van der Waals surface area contributed by atoms with E-state index in [-0.39, 0.29) is 5.56 Å². The molecule has 0 spiro atoms. The second-order valence-electron chi connectivity index (χ2n) is 6.12. The summed E-state index contributed by atoms with van der Waals surface area (Å²) in [7, 11) is 0. The molecule has 0 saturated carbocycles. The van der Waals surface area contributed by atoms with Crippen LogP contribution >= 0.6 is 11.3 Å². The second kappa shape index (κ2) is 5.64. The largest absolute Gasteiger partial charge is 0.375 e. The number of fused-ring (bicyclic) bond motifs is 1. The molecule has 1 aliphatic rings. The number of nitrogens with zero attached hydrogens (tertiary/aromatic N) is 2. The van der Waals surface area contributed by atoms with Gasteiger partial charge in [-0.2, -0.15) is 0 Å². The van der Waals surface area contributed by atoms with Crippen molar-refractivity contribution in [2.75, 3.05) is 5.73 Å². The van der Waals surface area contributed by atoms with Crippen LogP contribution in [0.25, 0.3) is 11.3 Å². The van der Waals surface area contributed by atoms with Crippen molar-refractivity contribution in [3.05, 3.63) is 33.1 Å². The van der Waals surface area contributed by atoms with Crippen molar-refractivity contribution in [1.82, 2.24) is 9.55 Å². The van der Waals surface area contributed by atoms with Gasteiger partial charge in [0.05, 0.1) is 11.3 Å². The summed E-state index contributed by atoms with van der Waals surface area (Å²) in [6, 6.07) is 2.04. The standard InChI is InChI=1S/C16H21N3OS/c1-10(2)8-19-14-6-4-3-5-11(14)7-12(15(19)20)13-9-21-16(17)18-13/h7,9-10H,3-6,8H2,1-2H3,(H2,17,18). The van der Waals surface area contributed by atoms with E-state index in [0.29, 0.717) is 22.3 Å². The van der Waals surface area contributed by atoms with Crippen molar-refractivity contribution in [3.8, 4) is 11.3 Å². The number of nitrogens with two attached hydrogens (primary N) is 1. The van der Waals surface area contributed by atoms with Gasteiger partial charge in [-0.15, -0.1) is 11.3 Å². The highest BCUT2D eigenvalue weighted by Gasteiger charge is 2.20. The lowest BCUT2D eigenvalue weighted by Crippen LogP contribution is -2.29. The van der Waals surface area contributed by atoms with Gasteiger partial charge in [0.15, 0.2) is 5.13 Å². The van der Waals surface area contributed by atoms with Gasteiger partial charge in [-0.3, -0.25) is 4.79 Å². The van der Waals surface area contributed by atoms with Gasteiger partial charge in [-0.05, 0) is 43.2 Å². The van der Waals surface area contributed by atoms with Crippen LogP contribution in [0.3, 0.4) is 0 Å². The van der Waals surface area contributed by atoms with E-state index in [1.165, 1.54) is 35.4 Å². The fourth-order valence-electron chi connectivity index (χ4n) is 3.03. The number of pyridine rings is 1. The zero-order valence-corrected chi connectivity index (χ0v) is 13.4. The lowest BCUT2D eigenvalue weighted by atomic mass is 9.93. The highest BCUT2D eigenvalue weighted by Crippen LogP contribution is 2.26. The first-order valence-corrected chi connectivity index (χ1v) is 8.41. The van der Waals surface area contributed by atoms with Crippen LogP contribution in [-0.2, 0) is 19.4 Å². The molecule has 2 aromatic rings. The van der Waals surface area contributed by atoms with E-state index < -0.39 is 0 Å². The van der Waals surface area contributed by atoms with Gasteiger partial charge < -0.3 is 10.3 Å². The molecule has 0 amide bonds. The summed E-state index contributed by atoms with van der Waals surface area (Å²) in [6.45, 7) is 5.07. The summed E-state index contributed by atoms with van der Waals surface area (Å²) in [5, 5.41) is 2.39. The SMILES string of the molecule is CC(C)Cn1c2c(cc(-c3csc(N)n3)c1=O)CCCC2. The maximum Gasteiger partial charge on any atom is 0.260 e. The molecular weight excluding hydrogens is 282 g/mol. The van der Waals surface area contributed by atoms with Crippen LogP contribution in [0.5, 0.6) is 0 Å². The number of anilines is 1. The molecule has 0 aromatic carbocycles. The monoisotopic (exact) mass is 303 g/mol. The van der Waals surface area contributed by atoms with Crippen LogP contribution in [0.15, 0.2) is 16.2 Å². The molecule has 5 heteroatoms. The molecule has 2 N–H and O–H groups in total. The van der Waals surface area contributed by atoms with Gasteiger partial charge in [0.2, 0.25) is 0 Å². The van der Waals surface area contributed by atoms with Gasteiger partial charge >= 0.3 is 0 Å². The van der Waals surface area contributed by atoms with Crippen molar-refractivity contribution in [3.63, 3.8) is 0 Å².